The first-order chi connectivity index (χ1) is 13.8. The lowest BCUT2D eigenvalue weighted by Gasteiger charge is -2.23. The van der Waals surface area contributed by atoms with Gasteiger partial charge in [-0.25, -0.2) is 0 Å². The van der Waals surface area contributed by atoms with E-state index in [-0.39, 0.29) is 11.8 Å². The molecule has 6 nitrogen and oxygen atoms in total. The lowest BCUT2D eigenvalue weighted by Crippen LogP contribution is -2.47. The molecule has 0 aliphatic carbocycles. The molecule has 0 fully saturated rings. The van der Waals surface area contributed by atoms with Gasteiger partial charge in [-0.3, -0.25) is 14.3 Å². The number of rotatable bonds is 9. The number of nitrogens with zero attached hydrogens (tertiary/aromatic N) is 3. The molecule has 0 saturated heterocycles. The maximum atomic E-state index is 12.5. The number of hydrogen-bond donors (Lipinski definition) is 1. The smallest absolute Gasteiger partial charge is 0.251 e. The van der Waals surface area contributed by atoms with Gasteiger partial charge in [0.05, 0.1) is 22.4 Å². The molecule has 1 heterocycles. The number of benzene rings is 1. The molecule has 1 aromatic heterocycles. The van der Waals surface area contributed by atoms with Crippen LogP contribution in [0.3, 0.4) is 0 Å². The van der Waals surface area contributed by atoms with Crippen molar-refractivity contribution in [2.75, 3.05) is 13.1 Å². The highest BCUT2D eigenvalue weighted by atomic mass is 79.9. The summed E-state index contributed by atoms with van der Waals surface area (Å²) in [7, 11) is 0. The highest BCUT2D eigenvalue weighted by Crippen LogP contribution is 2.20. The number of hydrogen-bond acceptors (Lipinski definition) is 3. The molecule has 2 rings (SSSR count). The van der Waals surface area contributed by atoms with Crippen LogP contribution in [-0.2, 0) is 11.3 Å². The third-order valence-corrected chi connectivity index (χ3v) is 5.72. The minimum atomic E-state index is -0.644. The second-order valence-corrected chi connectivity index (χ2v) is 7.65. The second-order valence-electron chi connectivity index (χ2n) is 6.86. The molecule has 0 bridgehead atoms. The molecule has 0 spiro atoms. The number of carbonyl (C=O) groups excluding carboxylic acids is 2. The molecular weight excluding hydrogens is 432 g/mol. The molecule has 7 heteroatoms. The van der Waals surface area contributed by atoms with E-state index >= 15 is 0 Å². The number of amides is 2. The Labute approximate surface area is 180 Å². The van der Waals surface area contributed by atoms with Crippen molar-refractivity contribution in [3.8, 4) is 0 Å². The van der Waals surface area contributed by atoms with Crippen LogP contribution in [0.4, 0.5) is 0 Å². The Balaban J connectivity index is 2.02. The van der Waals surface area contributed by atoms with Crippen LogP contribution in [0.25, 0.3) is 0 Å². The molecule has 29 heavy (non-hydrogen) atoms. The number of halogens is 1. The Hall–Kier alpha value is -2.67. The van der Waals surface area contributed by atoms with Crippen LogP contribution < -0.4 is 5.32 Å². The highest BCUT2D eigenvalue weighted by molar-refractivity contribution is 9.10. The number of aryl methyl sites for hydroxylation is 1. The van der Waals surface area contributed by atoms with Crippen LogP contribution in [0.1, 0.15) is 34.2 Å². The van der Waals surface area contributed by atoms with Crippen molar-refractivity contribution in [1.29, 1.82) is 0 Å². The van der Waals surface area contributed by atoms with Gasteiger partial charge in [0.15, 0.2) is 0 Å². The summed E-state index contributed by atoms with van der Waals surface area (Å²) in [6, 6.07) is 6.66. The molecular formula is C22H27BrN4O2. The molecule has 0 aliphatic heterocycles. The third kappa shape index (κ3) is 5.67. The molecule has 0 aliphatic rings. The second kappa shape index (κ2) is 10.2. The summed E-state index contributed by atoms with van der Waals surface area (Å²) in [6.07, 6.45) is 3.30. The first-order valence-electron chi connectivity index (χ1n) is 9.38. The normalized spacial score (nSPS) is 11.6. The molecule has 154 valence electrons. The van der Waals surface area contributed by atoms with Crippen LogP contribution in [0.5, 0.6) is 0 Å². The van der Waals surface area contributed by atoms with E-state index in [1.54, 1.807) is 36.1 Å². The molecule has 1 atom stereocenters. The van der Waals surface area contributed by atoms with E-state index < -0.39 is 6.04 Å². The fourth-order valence-electron chi connectivity index (χ4n) is 2.95. The van der Waals surface area contributed by atoms with Crippen molar-refractivity contribution in [1.82, 2.24) is 20.0 Å². The number of nitrogens with one attached hydrogen (secondary N) is 1. The summed E-state index contributed by atoms with van der Waals surface area (Å²) >= 11 is 3.53. The zero-order chi connectivity index (χ0) is 21.6. The Morgan fingerprint density at radius 1 is 1.21 bits per heavy atom. The summed E-state index contributed by atoms with van der Waals surface area (Å²) in [4.78, 5) is 26.6. The van der Waals surface area contributed by atoms with E-state index in [1.165, 1.54) is 0 Å². The lowest BCUT2D eigenvalue weighted by molar-refractivity contribution is -0.131. The number of carbonyl (C=O) groups is 2. The van der Waals surface area contributed by atoms with Crippen molar-refractivity contribution in [3.05, 3.63) is 76.6 Å². The van der Waals surface area contributed by atoms with Gasteiger partial charge in [0.1, 0.15) is 6.04 Å². The molecule has 0 radical (unpaired) electrons. The predicted octanol–water partition coefficient (Wildman–Crippen LogP) is 3.63. The molecule has 1 aromatic carbocycles. The van der Waals surface area contributed by atoms with Gasteiger partial charge in [-0.1, -0.05) is 24.3 Å². The van der Waals surface area contributed by atoms with E-state index in [4.69, 9.17) is 0 Å². The van der Waals surface area contributed by atoms with Crippen molar-refractivity contribution < 1.29 is 9.59 Å². The van der Waals surface area contributed by atoms with Crippen molar-refractivity contribution >= 4 is 27.7 Å². The quantitative estimate of drug-likeness (QED) is 0.583. The largest absolute Gasteiger partial charge is 0.341 e. The molecule has 2 aromatic rings. The number of aromatic nitrogens is 2. The summed E-state index contributed by atoms with van der Waals surface area (Å²) in [5.74, 6) is -0.465. The fourth-order valence-corrected chi connectivity index (χ4v) is 3.23. The molecule has 1 N–H and O–H groups in total. The predicted molar refractivity (Wildman–Crippen MR) is 119 cm³/mol. The first-order valence-corrected chi connectivity index (χ1v) is 10.2. The van der Waals surface area contributed by atoms with E-state index in [2.05, 4.69) is 39.5 Å². The molecule has 1 unspecified atom stereocenters. The topological polar surface area (TPSA) is 67.2 Å². The van der Waals surface area contributed by atoms with Crippen LogP contribution in [0.15, 0.2) is 54.0 Å². The van der Waals surface area contributed by atoms with Gasteiger partial charge in [-0.05, 0) is 54.4 Å². The average molecular weight is 459 g/mol. The third-order valence-electron chi connectivity index (χ3n) is 4.57. The van der Waals surface area contributed by atoms with Gasteiger partial charge in [-0.15, -0.1) is 13.2 Å². The summed E-state index contributed by atoms with van der Waals surface area (Å²) in [6.45, 7) is 14.4. The maximum Gasteiger partial charge on any atom is 0.251 e. The molecule has 2 amide bonds. The standard InChI is InChI=1S/C22H27BrN4O2/c1-6-12-26(13-7-2)22(29)16(4)24-21(28)19-10-8-18(9-11-19)14-27-17(5)20(23)15(3)25-27/h6-11,16H,1-2,12-14H2,3-5H3,(H,24,28). The zero-order valence-corrected chi connectivity index (χ0v) is 18.7. The van der Waals surface area contributed by atoms with E-state index in [1.807, 2.05) is 30.7 Å². The van der Waals surface area contributed by atoms with E-state index in [0.717, 1.165) is 21.4 Å². The van der Waals surface area contributed by atoms with Crippen LogP contribution >= 0.6 is 15.9 Å². The zero-order valence-electron chi connectivity index (χ0n) is 17.1. The Morgan fingerprint density at radius 2 is 1.79 bits per heavy atom. The van der Waals surface area contributed by atoms with E-state index in [0.29, 0.717) is 25.2 Å². The van der Waals surface area contributed by atoms with E-state index in [9.17, 15) is 9.59 Å². The van der Waals surface area contributed by atoms with Gasteiger partial charge in [0.25, 0.3) is 5.91 Å². The Bertz CT molecular complexity index is 892. The van der Waals surface area contributed by atoms with Gasteiger partial charge in [0.2, 0.25) is 5.91 Å². The van der Waals surface area contributed by atoms with Gasteiger partial charge >= 0.3 is 0 Å². The summed E-state index contributed by atoms with van der Waals surface area (Å²) < 4.78 is 2.93. The highest BCUT2D eigenvalue weighted by Gasteiger charge is 2.21. The minimum absolute atomic E-state index is 0.176. The fraction of sp³-hybridized carbons (Fsp3) is 0.318. The van der Waals surface area contributed by atoms with Gasteiger partial charge < -0.3 is 10.2 Å². The van der Waals surface area contributed by atoms with Crippen LogP contribution in [0, 0.1) is 13.8 Å². The minimum Gasteiger partial charge on any atom is -0.341 e. The summed E-state index contributed by atoms with van der Waals surface area (Å²) in [5, 5.41) is 7.26. The lowest BCUT2D eigenvalue weighted by atomic mass is 10.1. The first kappa shape index (κ1) is 22.6. The van der Waals surface area contributed by atoms with Crippen LogP contribution in [0.2, 0.25) is 0 Å². The monoisotopic (exact) mass is 458 g/mol. The van der Waals surface area contributed by atoms with Crippen molar-refractivity contribution in [3.63, 3.8) is 0 Å². The van der Waals surface area contributed by atoms with Gasteiger partial charge in [0, 0.05) is 18.7 Å². The average Bonchev–Trinajstić information content (AvgIpc) is 2.94. The Morgan fingerprint density at radius 3 is 2.28 bits per heavy atom. The van der Waals surface area contributed by atoms with Crippen molar-refractivity contribution in [2.45, 2.75) is 33.4 Å². The van der Waals surface area contributed by atoms with Crippen molar-refractivity contribution in [2.24, 2.45) is 0 Å². The maximum absolute atomic E-state index is 12.5. The SMILES string of the molecule is C=CCN(CC=C)C(=O)C(C)NC(=O)c1ccc(Cn2nc(C)c(Br)c2C)cc1. The van der Waals surface area contributed by atoms with Gasteiger partial charge in [-0.2, -0.15) is 5.10 Å². The van der Waals surface area contributed by atoms with Crippen LogP contribution in [-0.4, -0.2) is 45.6 Å². The Kier molecular flexibility index (Phi) is 7.96. The molecule has 0 saturated carbocycles. The summed E-state index contributed by atoms with van der Waals surface area (Å²) in [5.41, 5.74) is 3.54.